The van der Waals surface area contributed by atoms with Gasteiger partial charge in [-0.05, 0) is 0 Å². The van der Waals surface area contributed by atoms with E-state index in [-0.39, 0.29) is 0 Å². The van der Waals surface area contributed by atoms with E-state index in [1.807, 2.05) is 0 Å². The summed E-state index contributed by atoms with van der Waals surface area (Å²) in [6, 6.07) is 0. The zero-order valence-corrected chi connectivity index (χ0v) is 16.4. The van der Waals surface area contributed by atoms with Gasteiger partial charge in [-0.1, -0.05) is 0 Å². The topological polar surface area (TPSA) is 0 Å². The molecule has 0 saturated heterocycles. The van der Waals surface area contributed by atoms with Crippen LogP contribution in [0.1, 0.15) is 0 Å². The van der Waals surface area contributed by atoms with Crippen LogP contribution in [0.15, 0.2) is 0 Å². The van der Waals surface area contributed by atoms with Gasteiger partial charge in [0.1, 0.15) is 0 Å². The molecule has 4 radical (unpaired) electrons. The Morgan fingerprint density at radius 2 is 1.67 bits per heavy atom. The van der Waals surface area contributed by atoms with Gasteiger partial charge in [0.25, 0.3) is 0 Å². The van der Waals surface area contributed by atoms with E-state index in [1.54, 1.807) is 1.51 Å². The van der Waals surface area contributed by atoms with Crippen molar-refractivity contribution in [1.29, 1.82) is 0 Å². The summed E-state index contributed by atoms with van der Waals surface area (Å²) in [6.07, 6.45) is 0. The molecular formula is CHFIn4. The normalized spacial score (nSPS) is 3.67. The predicted octanol–water partition coefficient (Wildman–Crippen LogP) is -1.26. The van der Waals surface area contributed by atoms with Crippen LogP contribution in [-0.2, 0) is 0 Å². The molecule has 0 atom stereocenters. The second kappa shape index (κ2) is 15.7. The molecule has 0 fully saturated rings. The first kappa shape index (κ1) is 12.0. The Morgan fingerprint density at radius 3 is 1.67 bits per heavy atom. The molecule has 0 spiro atoms. The van der Waals surface area contributed by atoms with Crippen LogP contribution in [0.2, 0.25) is 0 Å². The summed E-state index contributed by atoms with van der Waals surface area (Å²) in [5.41, 5.74) is 0. The molecule has 0 aliphatic rings. The third kappa shape index (κ3) is 15.7. The maximum atomic E-state index is 10.9. The third-order valence-corrected chi connectivity index (χ3v) is 3.27. The van der Waals surface area contributed by atoms with Crippen molar-refractivity contribution in [2.24, 2.45) is 0 Å². The van der Waals surface area contributed by atoms with Gasteiger partial charge >= 0.3 is 89.7 Å². The van der Waals surface area contributed by atoms with E-state index >= 15 is 0 Å². The minimum absolute atomic E-state index is 1.02. The Kier molecular flexibility index (Phi) is 31.5. The molecule has 0 aromatic carbocycles. The number of hydrogen-bond acceptors (Lipinski definition) is 0. The maximum absolute atomic E-state index is 10.9. The van der Waals surface area contributed by atoms with Crippen LogP contribution in [0.25, 0.3) is 0 Å². The van der Waals surface area contributed by atoms with Crippen molar-refractivity contribution in [2.75, 3.05) is 0 Å². The first-order valence-electron chi connectivity index (χ1n) is 1.22. The molecule has 0 amide bonds. The zero-order valence-electron chi connectivity index (χ0n) is 3.26. The number of halogens is 1. The predicted molar refractivity (Wildman–Crippen MR) is 30.2 cm³/mol. The summed E-state index contributed by atoms with van der Waals surface area (Å²) in [5.74, 6) is 0. The van der Waals surface area contributed by atoms with Gasteiger partial charge in [0.15, 0.2) is 0 Å². The van der Waals surface area contributed by atoms with E-state index in [0.717, 1.165) is 23.9 Å². The molecule has 0 aliphatic carbocycles. The molecule has 0 aromatic heterocycles. The van der Waals surface area contributed by atoms with Gasteiger partial charge in [0, 0.05) is 0 Å². The fourth-order valence-electron chi connectivity index (χ4n) is 0. The Morgan fingerprint density at radius 1 is 1.50 bits per heavy atom. The van der Waals surface area contributed by atoms with E-state index in [2.05, 4.69) is 0 Å². The average Bonchev–Trinajstić information content (AvgIpc) is 1.72. The van der Waals surface area contributed by atoms with E-state index in [0.29, 0.717) is 0 Å². The average molecular weight is 491 g/mol. The molecular weight excluding hydrogens is 490 g/mol. The Bertz CT molecular complexity index is 28.7. The number of rotatable bonds is 1. The van der Waals surface area contributed by atoms with Crippen LogP contribution >= 0.6 is 0 Å². The Labute approximate surface area is 87.3 Å². The molecule has 24 valence electrons. The van der Waals surface area contributed by atoms with Gasteiger partial charge in [-0.2, -0.15) is 0 Å². The van der Waals surface area contributed by atoms with Gasteiger partial charge in [-0.15, -0.1) is 0 Å². The fraction of sp³-hybridized carbons (Fsp3) is 0. The molecule has 0 unspecified atom stereocenters. The fourth-order valence-corrected chi connectivity index (χ4v) is 0. The van der Waals surface area contributed by atoms with Gasteiger partial charge in [0.2, 0.25) is 0 Å². The summed E-state index contributed by atoms with van der Waals surface area (Å²) in [5, 5.41) is 0. The van der Waals surface area contributed by atoms with Gasteiger partial charge in [0.05, 0.1) is 0 Å². The Balaban J connectivity index is 0. The zero-order chi connectivity index (χ0) is 5.41. The van der Waals surface area contributed by atoms with Crippen LogP contribution in [0.5, 0.6) is 0 Å². The van der Waals surface area contributed by atoms with E-state index in [4.69, 9.17) is 0 Å². The summed E-state index contributed by atoms with van der Waals surface area (Å²) >= 11 is 2.51. The van der Waals surface area contributed by atoms with Crippen molar-refractivity contribution < 1.29 is 2.66 Å². The van der Waals surface area contributed by atoms with Crippen molar-refractivity contribution >= 4 is 87.0 Å². The van der Waals surface area contributed by atoms with Crippen LogP contribution in [-0.4, -0.2) is 87.0 Å². The van der Waals surface area contributed by atoms with Gasteiger partial charge in [-0.25, -0.2) is 0 Å². The van der Waals surface area contributed by atoms with E-state index < -0.39 is 23.5 Å². The molecule has 0 heterocycles. The minimum atomic E-state index is -1.47. The van der Waals surface area contributed by atoms with Gasteiger partial charge < -0.3 is 0 Å². The molecule has 0 aliphatic heterocycles. The third-order valence-electron chi connectivity index (χ3n) is 0.0727. The molecule has 6 heavy (non-hydrogen) atoms. The molecule has 0 rings (SSSR count). The van der Waals surface area contributed by atoms with E-state index in [9.17, 15) is 2.66 Å². The van der Waals surface area contributed by atoms with Crippen molar-refractivity contribution in [3.05, 3.63) is 0 Å². The Hall–Kier alpha value is 3.28. The first-order valence-corrected chi connectivity index (χ1v) is 20.9. The van der Waals surface area contributed by atoms with Crippen LogP contribution < -0.4 is 0 Å². The molecule has 0 saturated carbocycles. The van der Waals surface area contributed by atoms with Gasteiger partial charge in [-0.3, -0.25) is 0 Å². The van der Waals surface area contributed by atoms with Crippen LogP contribution in [0.3, 0.4) is 0 Å². The molecule has 5 heteroatoms. The van der Waals surface area contributed by atoms with Crippen LogP contribution in [0, 0.1) is 0 Å². The van der Waals surface area contributed by atoms with Crippen molar-refractivity contribution in [3.63, 3.8) is 0 Å². The number of hydrogen-bond donors (Lipinski definition) is 0. The molecule has 0 bridgehead atoms. The quantitative estimate of drug-likeness (QED) is 0.430. The molecule has 0 nitrogen and oxygen atoms in total. The summed E-state index contributed by atoms with van der Waals surface area (Å²) in [7, 11) is 0. The van der Waals surface area contributed by atoms with Crippen molar-refractivity contribution in [1.82, 2.24) is 0 Å². The second-order valence-corrected chi connectivity index (χ2v) is 9.51. The first-order chi connectivity index (χ1) is 2.91. The van der Waals surface area contributed by atoms with Crippen LogP contribution in [0.4, 0.5) is 2.66 Å². The standard InChI is InChI=1S/CH.FH.4In/h2*1H;;;;/q;;;;;+1/p-1. The summed E-state index contributed by atoms with van der Waals surface area (Å²) in [6.45, 7) is 0. The van der Waals surface area contributed by atoms with Crippen molar-refractivity contribution in [3.8, 4) is 0 Å². The van der Waals surface area contributed by atoms with Crippen molar-refractivity contribution in [2.45, 2.75) is 0 Å². The summed E-state index contributed by atoms with van der Waals surface area (Å²) in [4.78, 5) is 0. The monoisotopic (exact) mass is 492 g/mol. The van der Waals surface area contributed by atoms with E-state index in [1.165, 1.54) is 38.1 Å². The molecule has 0 aromatic rings. The second-order valence-electron chi connectivity index (χ2n) is 0.318. The molecule has 0 N–H and O–H groups in total. The SMILES string of the molecule is [F][In][CH]=[In].[In]=[In]. The summed E-state index contributed by atoms with van der Waals surface area (Å²) < 4.78 is 12.7.